The number of likely N-dealkylation sites (N-methyl/N-ethyl adjacent to an activating group) is 1. The van der Waals surface area contributed by atoms with Crippen molar-refractivity contribution >= 4 is 21.7 Å². The van der Waals surface area contributed by atoms with E-state index in [2.05, 4.69) is 0 Å². The number of sulfonamides is 1. The van der Waals surface area contributed by atoms with Crippen molar-refractivity contribution in [2.75, 3.05) is 7.05 Å². The largest absolute Gasteiger partial charge is 0.369 e. The lowest BCUT2D eigenvalue weighted by molar-refractivity contribution is -0.159. The topological polar surface area (TPSA) is 97.5 Å². The van der Waals surface area contributed by atoms with E-state index in [0.717, 1.165) is 32.1 Å². The Kier molecular flexibility index (Phi) is 5.17. The van der Waals surface area contributed by atoms with E-state index >= 15 is 0 Å². The van der Waals surface area contributed by atoms with Gasteiger partial charge in [-0.15, -0.1) is 0 Å². The first-order valence-electron chi connectivity index (χ1n) is 11.2. The van der Waals surface area contributed by atoms with E-state index in [1.165, 1.54) is 11.4 Å². The average molecular weight is 447 g/mol. The number of primary amides is 1. The van der Waals surface area contributed by atoms with Gasteiger partial charge in [-0.2, -0.15) is 4.31 Å². The Bertz CT molecular complexity index is 1020. The monoisotopic (exact) mass is 446 g/mol. The highest BCUT2D eigenvalue weighted by Crippen LogP contribution is 2.66. The van der Waals surface area contributed by atoms with Crippen LogP contribution >= 0.6 is 0 Å². The van der Waals surface area contributed by atoms with Crippen molar-refractivity contribution in [3.63, 3.8) is 0 Å². The van der Waals surface area contributed by atoms with Crippen LogP contribution in [0, 0.1) is 29.6 Å². The first kappa shape index (κ1) is 22.5. The number of hydrogen-bond donors (Lipinski definition) is 1. The van der Waals surface area contributed by atoms with Crippen molar-refractivity contribution in [3.05, 3.63) is 29.8 Å². The number of rotatable bonds is 7. The minimum Gasteiger partial charge on any atom is -0.369 e. The van der Waals surface area contributed by atoms with Crippen LogP contribution in [0.4, 0.5) is 0 Å². The Hall–Kier alpha value is -1.73. The standard InChI is InChI=1S/C24H34N2O4S/c1-16-7-5-6-8-19(16)31(29,30)26(4)22(2,3)20(27)14-23-10-17-9-18(11-23)13-24(12-17,15-23)21(25)28/h5-8,17-18H,9-15H2,1-4H3,(H2,25,28). The lowest BCUT2D eigenvalue weighted by atomic mass is 9.43. The number of ketones is 1. The third-order valence-corrected chi connectivity index (χ3v) is 10.6. The second-order valence-electron chi connectivity index (χ2n) is 11.0. The van der Waals surface area contributed by atoms with Gasteiger partial charge in [-0.05, 0) is 88.2 Å². The smallest absolute Gasteiger partial charge is 0.243 e. The summed E-state index contributed by atoms with van der Waals surface area (Å²) in [4.78, 5) is 26.2. The highest BCUT2D eigenvalue weighted by atomic mass is 32.2. The zero-order valence-electron chi connectivity index (χ0n) is 19.0. The van der Waals surface area contributed by atoms with Crippen LogP contribution in [0.2, 0.25) is 0 Å². The summed E-state index contributed by atoms with van der Waals surface area (Å²) < 4.78 is 27.9. The molecule has 4 aliphatic rings. The van der Waals surface area contributed by atoms with E-state index < -0.39 is 21.0 Å². The minimum atomic E-state index is -3.83. The van der Waals surface area contributed by atoms with Gasteiger partial charge in [0.05, 0.1) is 15.8 Å². The number of Topliss-reactive ketones (excluding diaryl/α,β-unsaturated/α-hetero) is 1. The molecular weight excluding hydrogens is 412 g/mol. The number of carbonyl (C=O) groups excluding carboxylic acids is 2. The summed E-state index contributed by atoms with van der Waals surface area (Å²) in [7, 11) is -2.34. The van der Waals surface area contributed by atoms with Crippen LogP contribution in [0.15, 0.2) is 29.2 Å². The number of hydrogen-bond acceptors (Lipinski definition) is 4. The van der Waals surface area contributed by atoms with Crippen molar-refractivity contribution in [2.24, 2.45) is 28.4 Å². The molecule has 0 heterocycles. The van der Waals surface area contributed by atoms with Gasteiger partial charge in [-0.1, -0.05) is 18.2 Å². The highest BCUT2D eigenvalue weighted by Gasteiger charge is 2.61. The number of carbonyl (C=O) groups is 2. The molecule has 31 heavy (non-hydrogen) atoms. The quantitative estimate of drug-likeness (QED) is 0.694. The fourth-order valence-electron chi connectivity index (χ4n) is 6.97. The molecule has 6 nitrogen and oxygen atoms in total. The van der Waals surface area contributed by atoms with Crippen LogP contribution in [0.25, 0.3) is 0 Å². The molecule has 1 aromatic carbocycles. The van der Waals surface area contributed by atoms with Crippen molar-refractivity contribution in [2.45, 2.75) is 76.2 Å². The average Bonchev–Trinajstić information content (AvgIpc) is 2.66. The predicted octanol–water partition coefficient (Wildman–Crippen LogP) is 3.43. The van der Waals surface area contributed by atoms with E-state index in [-0.39, 0.29) is 22.0 Å². The number of benzene rings is 1. The van der Waals surface area contributed by atoms with Gasteiger partial charge in [-0.3, -0.25) is 9.59 Å². The van der Waals surface area contributed by atoms with Gasteiger partial charge in [0.2, 0.25) is 15.9 Å². The number of nitrogens with two attached hydrogens (primary N) is 1. The van der Waals surface area contributed by atoms with E-state index in [9.17, 15) is 18.0 Å². The molecule has 0 saturated heterocycles. The van der Waals surface area contributed by atoms with Gasteiger partial charge in [0.25, 0.3) is 0 Å². The maximum Gasteiger partial charge on any atom is 0.243 e. The molecule has 4 aliphatic carbocycles. The maximum atomic E-state index is 13.6. The number of aryl methyl sites for hydroxylation is 1. The summed E-state index contributed by atoms with van der Waals surface area (Å²) >= 11 is 0. The normalized spacial score (nSPS) is 32.4. The molecule has 2 unspecified atom stereocenters. The highest BCUT2D eigenvalue weighted by molar-refractivity contribution is 7.89. The van der Waals surface area contributed by atoms with Gasteiger partial charge >= 0.3 is 0 Å². The Morgan fingerprint density at radius 2 is 1.71 bits per heavy atom. The number of amides is 1. The summed E-state index contributed by atoms with van der Waals surface area (Å²) in [5, 5.41) is 0. The van der Waals surface area contributed by atoms with Gasteiger partial charge in [0, 0.05) is 13.5 Å². The minimum absolute atomic E-state index is 0.0891. The fraction of sp³-hybridized carbons (Fsp3) is 0.667. The third-order valence-electron chi connectivity index (χ3n) is 8.44. The summed E-state index contributed by atoms with van der Waals surface area (Å²) in [5.74, 6) is 0.571. The molecule has 2 atom stereocenters. The summed E-state index contributed by atoms with van der Waals surface area (Å²) in [6.07, 6.45) is 5.66. The molecule has 1 aromatic rings. The van der Waals surface area contributed by atoms with E-state index in [1.54, 1.807) is 45.0 Å². The summed E-state index contributed by atoms with van der Waals surface area (Å²) in [6.45, 7) is 5.14. The molecule has 7 heteroatoms. The molecule has 170 valence electrons. The molecule has 0 spiro atoms. The summed E-state index contributed by atoms with van der Waals surface area (Å²) in [6, 6.07) is 6.83. The molecule has 1 amide bonds. The Morgan fingerprint density at radius 1 is 1.13 bits per heavy atom. The second-order valence-corrected chi connectivity index (χ2v) is 12.9. The molecule has 0 aromatic heterocycles. The SMILES string of the molecule is Cc1ccccc1S(=O)(=O)N(C)C(C)(C)C(=O)CC12CC3CC(C1)CC(C(N)=O)(C3)C2. The summed E-state index contributed by atoms with van der Waals surface area (Å²) in [5.41, 5.74) is 4.59. The lowest BCUT2D eigenvalue weighted by Crippen LogP contribution is -2.59. The Balaban J connectivity index is 1.59. The van der Waals surface area contributed by atoms with Crippen molar-refractivity contribution in [3.8, 4) is 0 Å². The molecule has 4 saturated carbocycles. The zero-order valence-corrected chi connectivity index (χ0v) is 19.8. The molecular formula is C24H34N2O4S. The van der Waals surface area contributed by atoms with Gasteiger partial charge in [0.1, 0.15) is 0 Å². The van der Waals surface area contributed by atoms with Crippen LogP contribution < -0.4 is 5.73 Å². The molecule has 2 N–H and O–H groups in total. The van der Waals surface area contributed by atoms with Gasteiger partial charge < -0.3 is 5.73 Å². The van der Waals surface area contributed by atoms with Crippen LogP contribution in [-0.4, -0.2) is 37.0 Å². The third kappa shape index (κ3) is 3.54. The fourth-order valence-corrected chi connectivity index (χ4v) is 8.70. The number of nitrogens with zero attached hydrogens (tertiary/aromatic N) is 1. The van der Waals surface area contributed by atoms with Crippen LogP contribution in [0.5, 0.6) is 0 Å². The maximum absolute atomic E-state index is 13.6. The Morgan fingerprint density at radius 3 is 2.26 bits per heavy atom. The predicted molar refractivity (Wildman–Crippen MR) is 119 cm³/mol. The lowest BCUT2D eigenvalue weighted by Gasteiger charge is -2.61. The molecule has 4 fully saturated rings. The first-order chi connectivity index (χ1) is 14.3. The second kappa shape index (κ2) is 7.14. The molecule has 4 bridgehead atoms. The van der Waals surface area contributed by atoms with Crippen molar-refractivity contribution in [1.82, 2.24) is 4.31 Å². The van der Waals surface area contributed by atoms with Crippen molar-refractivity contribution < 1.29 is 18.0 Å². The van der Waals surface area contributed by atoms with Crippen LogP contribution in [0.1, 0.15) is 64.4 Å². The van der Waals surface area contributed by atoms with E-state index in [4.69, 9.17) is 5.73 Å². The van der Waals surface area contributed by atoms with Crippen LogP contribution in [0.3, 0.4) is 0 Å². The molecule has 0 aliphatic heterocycles. The van der Waals surface area contributed by atoms with Crippen LogP contribution in [-0.2, 0) is 19.6 Å². The first-order valence-corrected chi connectivity index (χ1v) is 12.6. The molecule has 0 radical (unpaired) electrons. The van der Waals surface area contributed by atoms with E-state index in [1.807, 2.05) is 0 Å². The van der Waals surface area contributed by atoms with Gasteiger partial charge in [0.15, 0.2) is 5.78 Å². The zero-order chi connectivity index (χ0) is 22.8. The van der Waals surface area contributed by atoms with Crippen molar-refractivity contribution in [1.29, 1.82) is 0 Å². The van der Waals surface area contributed by atoms with E-state index in [0.29, 0.717) is 30.2 Å². The van der Waals surface area contributed by atoms with Gasteiger partial charge in [-0.25, -0.2) is 8.42 Å². The Labute approximate surface area is 185 Å². The molecule has 5 rings (SSSR count).